The molecule has 2 aromatic heterocycles. The van der Waals surface area contributed by atoms with E-state index in [0.717, 1.165) is 51.2 Å². The lowest BCUT2D eigenvalue weighted by Gasteiger charge is -2.41. The van der Waals surface area contributed by atoms with Crippen molar-refractivity contribution < 1.29 is 28.8 Å². The lowest BCUT2D eigenvalue weighted by molar-refractivity contribution is -0.160. The average molecular weight is 723 g/mol. The number of anilines is 1. The molecule has 0 radical (unpaired) electrons. The summed E-state index contributed by atoms with van der Waals surface area (Å²) in [5, 5.41) is 10.5. The van der Waals surface area contributed by atoms with Gasteiger partial charge in [-0.25, -0.2) is 9.78 Å². The van der Waals surface area contributed by atoms with E-state index in [0.29, 0.717) is 45.1 Å². The summed E-state index contributed by atoms with van der Waals surface area (Å²) < 4.78 is 27.4. The van der Waals surface area contributed by atoms with Gasteiger partial charge in [-0.3, -0.25) is 4.40 Å². The smallest absolute Gasteiger partial charge is 0.337 e. The van der Waals surface area contributed by atoms with E-state index in [4.69, 9.17) is 23.9 Å². The lowest BCUT2D eigenvalue weighted by Crippen LogP contribution is -2.46. The van der Waals surface area contributed by atoms with E-state index in [1.165, 1.54) is 0 Å². The minimum absolute atomic E-state index is 0.0200. The second kappa shape index (κ2) is 15.5. The highest BCUT2D eigenvalue weighted by Gasteiger charge is 2.37. The standard InChI is InChI=1S/C38H48BrN3O6/c1-26-21-32-40-31(29-13-10-14-30(39)22-29)23-42(32)35(33(26)34(36(43)44)48-37(3,4)5)41-17-15-38(6,16-18-41)47-20-19-45-24-27(2)46-25-28-11-8-7-9-12-28/h7-14,21-23,27,34H,15-20,24-25H2,1-6H3,(H,43,44)/t27-,34+/m1/s1. The van der Waals surface area contributed by atoms with Crippen LogP contribution in [0.4, 0.5) is 5.82 Å². The highest BCUT2D eigenvalue weighted by atomic mass is 79.9. The van der Waals surface area contributed by atoms with Crippen LogP contribution in [0.2, 0.25) is 0 Å². The summed E-state index contributed by atoms with van der Waals surface area (Å²) in [6.45, 7) is 15.1. The quantitative estimate of drug-likeness (QED) is 0.131. The molecule has 258 valence electrons. The highest BCUT2D eigenvalue weighted by molar-refractivity contribution is 9.10. The second-order valence-electron chi connectivity index (χ2n) is 13.8. The van der Waals surface area contributed by atoms with Crippen LogP contribution in [0, 0.1) is 6.92 Å². The van der Waals surface area contributed by atoms with Gasteiger partial charge in [0.2, 0.25) is 0 Å². The molecule has 0 amide bonds. The van der Waals surface area contributed by atoms with Crippen molar-refractivity contribution in [2.24, 2.45) is 0 Å². The molecule has 0 bridgehead atoms. The number of hydrogen-bond acceptors (Lipinski definition) is 7. The number of nitrogens with zero attached hydrogens (tertiary/aromatic N) is 3. The summed E-state index contributed by atoms with van der Waals surface area (Å²) in [7, 11) is 0. The number of benzene rings is 2. The number of carboxylic acids is 1. The molecule has 1 saturated heterocycles. The van der Waals surface area contributed by atoms with Crippen molar-refractivity contribution in [2.45, 2.75) is 84.4 Å². The third-order valence-corrected chi connectivity index (χ3v) is 9.07. The molecule has 2 atom stereocenters. The van der Waals surface area contributed by atoms with Gasteiger partial charge in [-0.15, -0.1) is 0 Å². The zero-order chi connectivity index (χ0) is 34.5. The molecular weight excluding hydrogens is 674 g/mol. The number of carbonyl (C=O) groups is 1. The predicted molar refractivity (Wildman–Crippen MR) is 192 cm³/mol. The number of carboxylic acid groups (broad SMARTS) is 1. The monoisotopic (exact) mass is 721 g/mol. The summed E-state index contributed by atoms with van der Waals surface area (Å²) in [6.07, 6.45) is 2.36. The second-order valence-corrected chi connectivity index (χ2v) is 14.8. The average Bonchev–Trinajstić information content (AvgIpc) is 3.46. The van der Waals surface area contributed by atoms with Gasteiger partial charge < -0.3 is 29.0 Å². The van der Waals surface area contributed by atoms with Gasteiger partial charge >= 0.3 is 5.97 Å². The molecule has 0 unspecified atom stereocenters. The molecule has 4 aromatic rings. The molecule has 2 aromatic carbocycles. The van der Waals surface area contributed by atoms with E-state index in [2.05, 4.69) is 39.9 Å². The van der Waals surface area contributed by atoms with Crippen molar-refractivity contribution in [3.63, 3.8) is 0 Å². The molecule has 5 rings (SSSR count). The lowest BCUT2D eigenvalue weighted by atomic mass is 9.92. The fourth-order valence-electron chi connectivity index (χ4n) is 6.06. The fourth-order valence-corrected chi connectivity index (χ4v) is 6.46. The Bertz CT molecular complexity index is 1680. The van der Waals surface area contributed by atoms with Crippen molar-refractivity contribution in [2.75, 3.05) is 37.8 Å². The summed E-state index contributed by atoms with van der Waals surface area (Å²) in [5.41, 5.74) is 4.14. The van der Waals surface area contributed by atoms with Crippen molar-refractivity contribution in [3.05, 3.63) is 88.0 Å². The zero-order valence-electron chi connectivity index (χ0n) is 28.9. The first-order valence-electron chi connectivity index (χ1n) is 16.6. The summed E-state index contributed by atoms with van der Waals surface area (Å²) in [5.74, 6) is -0.226. The molecular formula is C38H48BrN3O6. The number of halogens is 1. The highest BCUT2D eigenvalue weighted by Crippen LogP contribution is 2.39. The molecule has 9 nitrogen and oxygen atoms in total. The van der Waals surface area contributed by atoms with Gasteiger partial charge in [-0.2, -0.15) is 0 Å². The summed E-state index contributed by atoms with van der Waals surface area (Å²) in [6, 6.07) is 20.1. The normalized spacial score (nSPS) is 16.3. The first-order valence-corrected chi connectivity index (χ1v) is 17.4. The SMILES string of the molecule is Cc1cc2nc(-c3cccc(Br)c3)cn2c(N2CCC(C)(OCCOC[C@@H](C)OCc3ccccc3)CC2)c1[C@H](OC(C)(C)C)C(=O)O. The van der Waals surface area contributed by atoms with Gasteiger partial charge in [0.1, 0.15) is 11.5 Å². The number of piperidine rings is 1. The number of ether oxygens (including phenoxy) is 4. The minimum atomic E-state index is -1.15. The number of rotatable bonds is 14. The van der Waals surface area contributed by atoms with E-state index >= 15 is 0 Å². The van der Waals surface area contributed by atoms with Gasteiger partial charge in [0.25, 0.3) is 0 Å². The molecule has 1 fully saturated rings. The van der Waals surface area contributed by atoms with Crippen LogP contribution in [0.15, 0.2) is 71.3 Å². The van der Waals surface area contributed by atoms with Crippen LogP contribution in [0.1, 0.15) is 70.3 Å². The first-order chi connectivity index (χ1) is 22.8. The van der Waals surface area contributed by atoms with Crippen molar-refractivity contribution in [1.82, 2.24) is 9.38 Å². The fraction of sp³-hybridized carbons (Fsp3) is 0.474. The van der Waals surface area contributed by atoms with Crippen LogP contribution >= 0.6 is 15.9 Å². The Morgan fingerprint density at radius 2 is 1.79 bits per heavy atom. The van der Waals surface area contributed by atoms with Crippen LogP contribution in [0.3, 0.4) is 0 Å². The summed E-state index contributed by atoms with van der Waals surface area (Å²) >= 11 is 3.57. The van der Waals surface area contributed by atoms with Crippen LogP contribution < -0.4 is 4.90 Å². The van der Waals surface area contributed by atoms with E-state index in [-0.39, 0.29) is 11.7 Å². The Kier molecular flexibility index (Phi) is 11.6. The number of aromatic nitrogens is 2. The van der Waals surface area contributed by atoms with Gasteiger partial charge in [-0.1, -0.05) is 58.4 Å². The summed E-state index contributed by atoms with van der Waals surface area (Å²) in [4.78, 5) is 20.0. The molecule has 1 N–H and O–H groups in total. The molecule has 10 heteroatoms. The Morgan fingerprint density at radius 3 is 2.46 bits per heavy atom. The van der Waals surface area contributed by atoms with Crippen molar-refractivity contribution >= 4 is 33.4 Å². The third-order valence-electron chi connectivity index (χ3n) is 8.58. The topological polar surface area (TPSA) is 94.8 Å². The van der Waals surface area contributed by atoms with E-state index in [1.54, 1.807) is 0 Å². The van der Waals surface area contributed by atoms with Gasteiger partial charge in [0.15, 0.2) is 6.10 Å². The van der Waals surface area contributed by atoms with E-state index in [1.807, 2.05) is 93.7 Å². The van der Waals surface area contributed by atoms with Crippen LogP contribution in [0.25, 0.3) is 16.9 Å². The molecule has 1 aliphatic rings. The maximum atomic E-state index is 12.8. The molecule has 0 aliphatic carbocycles. The molecule has 1 aliphatic heterocycles. The Balaban J connectivity index is 1.30. The number of aryl methyl sites for hydroxylation is 1. The maximum Gasteiger partial charge on any atom is 0.337 e. The molecule has 48 heavy (non-hydrogen) atoms. The number of pyridine rings is 1. The van der Waals surface area contributed by atoms with Gasteiger partial charge in [-0.05, 0) is 83.7 Å². The van der Waals surface area contributed by atoms with Crippen molar-refractivity contribution in [3.8, 4) is 11.3 Å². The minimum Gasteiger partial charge on any atom is -0.479 e. The van der Waals surface area contributed by atoms with Crippen LogP contribution in [0.5, 0.6) is 0 Å². The largest absolute Gasteiger partial charge is 0.479 e. The van der Waals surface area contributed by atoms with Crippen LogP contribution in [-0.2, 0) is 30.3 Å². The number of hydrogen-bond donors (Lipinski definition) is 1. The number of aliphatic carboxylic acids is 1. The van der Waals surface area contributed by atoms with E-state index in [9.17, 15) is 9.90 Å². The predicted octanol–water partition coefficient (Wildman–Crippen LogP) is 8.01. The first kappa shape index (κ1) is 36.0. The van der Waals surface area contributed by atoms with Gasteiger partial charge in [0.05, 0.1) is 49.4 Å². The Labute approximate surface area is 292 Å². The Morgan fingerprint density at radius 1 is 1.06 bits per heavy atom. The maximum absolute atomic E-state index is 12.8. The van der Waals surface area contributed by atoms with Gasteiger partial charge in [0, 0.05) is 34.9 Å². The molecule has 0 spiro atoms. The number of fused-ring (bicyclic) bond motifs is 1. The van der Waals surface area contributed by atoms with E-state index < -0.39 is 17.7 Å². The van der Waals surface area contributed by atoms with Crippen LogP contribution in [-0.4, -0.2) is 70.7 Å². The molecule has 3 heterocycles. The third kappa shape index (κ3) is 9.24. The zero-order valence-corrected chi connectivity index (χ0v) is 30.5. The number of imidazole rings is 1. The Hall–Kier alpha value is -3.28. The van der Waals surface area contributed by atoms with Crippen molar-refractivity contribution in [1.29, 1.82) is 0 Å². The molecule has 0 saturated carbocycles.